The van der Waals surface area contributed by atoms with Gasteiger partial charge in [0.25, 0.3) is 5.91 Å². The lowest BCUT2D eigenvalue weighted by atomic mass is 10.1. The molecule has 1 N–H and O–H groups in total. The zero-order valence-electron chi connectivity index (χ0n) is 11.1. The summed E-state index contributed by atoms with van der Waals surface area (Å²) in [5.74, 6) is -0.132. The summed E-state index contributed by atoms with van der Waals surface area (Å²) in [7, 11) is 0. The lowest BCUT2D eigenvalue weighted by molar-refractivity contribution is 0.0915. The number of hydrogen-bond donors (Lipinski definition) is 1. The van der Waals surface area contributed by atoms with Gasteiger partial charge in [-0.25, -0.2) is 4.98 Å². The molecule has 0 saturated heterocycles. The maximum atomic E-state index is 12.1. The molecule has 0 atom stereocenters. The number of nitrogens with zero attached hydrogens (tertiary/aromatic N) is 2. The number of thiazole rings is 1. The topological polar surface area (TPSA) is 46.4 Å². The largest absolute Gasteiger partial charge is 0.346 e. The molecule has 2 heterocycles. The van der Waals surface area contributed by atoms with Crippen LogP contribution in [-0.4, -0.2) is 20.8 Å². The van der Waals surface area contributed by atoms with Crippen LogP contribution >= 0.6 is 11.3 Å². The molecule has 0 radical (unpaired) electrons. The molecule has 1 aromatic carbocycles. The Morgan fingerprint density at radius 3 is 2.79 bits per heavy atom. The van der Waals surface area contributed by atoms with E-state index >= 15 is 0 Å². The van der Waals surface area contributed by atoms with Crippen molar-refractivity contribution in [2.75, 3.05) is 0 Å². The monoisotopic (exact) mass is 273 g/mol. The smallest absolute Gasteiger partial charge is 0.271 e. The second-order valence-corrected chi connectivity index (χ2v) is 6.56. The van der Waals surface area contributed by atoms with Crippen molar-refractivity contribution in [3.63, 3.8) is 0 Å². The van der Waals surface area contributed by atoms with E-state index < -0.39 is 0 Å². The average Bonchev–Trinajstić information content (AvgIpc) is 2.83. The van der Waals surface area contributed by atoms with Gasteiger partial charge in [-0.3, -0.25) is 9.20 Å². The van der Waals surface area contributed by atoms with Crippen molar-refractivity contribution in [3.05, 3.63) is 36.2 Å². The maximum absolute atomic E-state index is 12.1. The van der Waals surface area contributed by atoms with Crippen molar-refractivity contribution < 1.29 is 4.79 Å². The fourth-order valence-electron chi connectivity index (χ4n) is 1.96. The van der Waals surface area contributed by atoms with E-state index in [1.54, 1.807) is 17.5 Å². The molecule has 0 bridgehead atoms. The van der Waals surface area contributed by atoms with Gasteiger partial charge in [-0.15, -0.1) is 0 Å². The van der Waals surface area contributed by atoms with Gasteiger partial charge in [0.2, 0.25) is 0 Å². The highest BCUT2D eigenvalue weighted by Crippen LogP contribution is 2.25. The summed E-state index contributed by atoms with van der Waals surface area (Å²) < 4.78 is 3.14. The van der Waals surface area contributed by atoms with Crippen molar-refractivity contribution in [2.45, 2.75) is 26.3 Å². The number of aromatic nitrogens is 2. The summed E-state index contributed by atoms with van der Waals surface area (Å²) in [6.45, 7) is 5.87. The van der Waals surface area contributed by atoms with Gasteiger partial charge < -0.3 is 5.32 Å². The zero-order valence-corrected chi connectivity index (χ0v) is 11.9. The second kappa shape index (κ2) is 4.06. The quantitative estimate of drug-likeness (QED) is 0.740. The van der Waals surface area contributed by atoms with Crippen LogP contribution in [0.2, 0.25) is 0 Å². The number of hydrogen-bond acceptors (Lipinski definition) is 3. The Hall–Kier alpha value is -1.88. The van der Waals surface area contributed by atoms with Gasteiger partial charge in [-0.2, -0.15) is 0 Å². The molecule has 5 heteroatoms. The van der Waals surface area contributed by atoms with Gasteiger partial charge in [-0.1, -0.05) is 23.5 Å². The molecule has 0 fully saturated rings. The third kappa shape index (κ3) is 2.21. The number of fused-ring (bicyclic) bond motifs is 3. The lowest BCUT2D eigenvalue weighted by Crippen LogP contribution is -2.40. The lowest BCUT2D eigenvalue weighted by Gasteiger charge is -2.19. The standard InChI is InChI=1S/C14H15N3OS/c1-14(2,3)16-12(18)9-8-17-10-6-4-5-7-11(10)19-13(17)15-9/h4-8H,1-3H3,(H,16,18). The fourth-order valence-corrected chi connectivity index (χ4v) is 2.97. The average molecular weight is 273 g/mol. The summed E-state index contributed by atoms with van der Waals surface area (Å²) in [6.07, 6.45) is 1.80. The van der Waals surface area contributed by atoms with Crippen LogP contribution in [-0.2, 0) is 0 Å². The van der Waals surface area contributed by atoms with Crippen LogP contribution in [0, 0.1) is 0 Å². The summed E-state index contributed by atoms with van der Waals surface area (Å²) in [4.78, 5) is 17.3. The molecule has 2 aromatic heterocycles. The van der Waals surface area contributed by atoms with Gasteiger partial charge in [0.05, 0.1) is 10.2 Å². The molecule has 19 heavy (non-hydrogen) atoms. The molecule has 4 nitrogen and oxygen atoms in total. The van der Waals surface area contributed by atoms with Crippen LogP contribution in [0.5, 0.6) is 0 Å². The Morgan fingerprint density at radius 1 is 1.32 bits per heavy atom. The van der Waals surface area contributed by atoms with Crippen molar-refractivity contribution in [1.82, 2.24) is 14.7 Å². The normalized spacial score (nSPS) is 12.2. The van der Waals surface area contributed by atoms with Crippen molar-refractivity contribution >= 4 is 32.4 Å². The first-order valence-corrected chi connectivity index (χ1v) is 6.95. The molecule has 3 aromatic rings. The van der Waals surface area contributed by atoms with Gasteiger partial charge >= 0.3 is 0 Å². The van der Waals surface area contributed by atoms with Crippen LogP contribution in [0.15, 0.2) is 30.5 Å². The Kier molecular flexibility index (Phi) is 2.60. The molecule has 3 rings (SSSR count). The number of carbonyl (C=O) groups is 1. The molecule has 0 aliphatic carbocycles. The molecule has 1 amide bonds. The molecule has 0 aliphatic heterocycles. The van der Waals surface area contributed by atoms with Crippen LogP contribution in [0.25, 0.3) is 15.2 Å². The first-order valence-electron chi connectivity index (χ1n) is 6.13. The van der Waals surface area contributed by atoms with E-state index in [1.807, 2.05) is 43.4 Å². The molecule has 0 saturated carbocycles. The van der Waals surface area contributed by atoms with E-state index in [0.29, 0.717) is 5.69 Å². The minimum absolute atomic E-state index is 0.132. The van der Waals surface area contributed by atoms with E-state index in [2.05, 4.69) is 16.4 Å². The Bertz CT molecular complexity index is 764. The second-order valence-electron chi connectivity index (χ2n) is 5.55. The fraction of sp³-hybridized carbons (Fsp3) is 0.286. The molecule has 0 spiro atoms. The van der Waals surface area contributed by atoms with E-state index in [1.165, 1.54) is 4.70 Å². The highest BCUT2D eigenvalue weighted by Gasteiger charge is 2.18. The van der Waals surface area contributed by atoms with Crippen molar-refractivity contribution in [2.24, 2.45) is 0 Å². The minimum atomic E-state index is -0.254. The third-order valence-electron chi connectivity index (χ3n) is 2.72. The predicted octanol–water partition coefficient (Wildman–Crippen LogP) is 3.08. The molecule has 0 unspecified atom stereocenters. The first kappa shape index (κ1) is 12.2. The number of rotatable bonds is 1. The van der Waals surface area contributed by atoms with Gasteiger partial charge in [0.1, 0.15) is 5.69 Å². The van der Waals surface area contributed by atoms with E-state index in [-0.39, 0.29) is 11.4 Å². The number of imidazole rings is 1. The molecule has 0 aliphatic rings. The van der Waals surface area contributed by atoms with Crippen molar-refractivity contribution in [1.29, 1.82) is 0 Å². The summed E-state index contributed by atoms with van der Waals surface area (Å²) in [5.41, 5.74) is 1.30. The SMILES string of the molecule is CC(C)(C)NC(=O)c1cn2c(n1)sc1ccccc12. The molecular formula is C14H15N3OS. The minimum Gasteiger partial charge on any atom is -0.346 e. The summed E-state index contributed by atoms with van der Waals surface area (Å²) >= 11 is 1.59. The maximum Gasteiger partial charge on any atom is 0.271 e. The Morgan fingerprint density at radius 2 is 2.05 bits per heavy atom. The Labute approximate surface area is 115 Å². The van der Waals surface area contributed by atoms with Crippen molar-refractivity contribution in [3.8, 4) is 0 Å². The van der Waals surface area contributed by atoms with E-state index in [4.69, 9.17) is 0 Å². The summed E-state index contributed by atoms with van der Waals surface area (Å²) in [6, 6.07) is 8.09. The number of benzene rings is 1. The highest BCUT2D eigenvalue weighted by molar-refractivity contribution is 7.23. The van der Waals surface area contributed by atoms with Crippen LogP contribution in [0.1, 0.15) is 31.3 Å². The molecular weight excluding hydrogens is 258 g/mol. The molecule has 98 valence electrons. The zero-order chi connectivity index (χ0) is 13.6. The van der Waals surface area contributed by atoms with Crippen LogP contribution < -0.4 is 5.32 Å². The predicted molar refractivity (Wildman–Crippen MR) is 77.8 cm³/mol. The first-order chi connectivity index (χ1) is 8.94. The van der Waals surface area contributed by atoms with Gasteiger partial charge in [0.15, 0.2) is 4.96 Å². The Balaban J connectivity index is 2.05. The number of amides is 1. The van der Waals surface area contributed by atoms with Crippen LogP contribution in [0.4, 0.5) is 0 Å². The van der Waals surface area contributed by atoms with E-state index in [9.17, 15) is 4.79 Å². The third-order valence-corrected chi connectivity index (χ3v) is 3.76. The van der Waals surface area contributed by atoms with Gasteiger partial charge in [-0.05, 0) is 32.9 Å². The highest BCUT2D eigenvalue weighted by atomic mass is 32.1. The number of para-hydroxylation sites is 1. The number of nitrogens with one attached hydrogen (secondary N) is 1. The van der Waals surface area contributed by atoms with Crippen LogP contribution in [0.3, 0.4) is 0 Å². The van der Waals surface area contributed by atoms with Gasteiger partial charge in [0, 0.05) is 11.7 Å². The summed E-state index contributed by atoms with van der Waals surface area (Å²) in [5, 5.41) is 2.92. The van der Waals surface area contributed by atoms with E-state index in [0.717, 1.165) is 10.5 Å². The number of carbonyl (C=O) groups excluding carboxylic acids is 1.